The Balaban J connectivity index is 2.15. The molecule has 0 spiro atoms. The first kappa shape index (κ1) is 15.3. The first-order valence-corrected chi connectivity index (χ1v) is 8.31. The van der Waals surface area contributed by atoms with Crippen LogP contribution in [-0.4, -0.2) is 18.5 Å². The van der Waals surface area contributed by atoms with Crippen LogP contribution in [0.1, 0.15) is 22.2 Å². The van der Waals surface area contributed by atoms with Crippen LogP contribution < -0.4 is 5.73 Å². The molecule has 1 unspecified atom stereocenters. The molecule has 6 heteroatoms. The van der Waals surface area contributed by atoms with Crippen molar-refractivity contribution < 1.29 is 4.42 Å². The average molecular weight is 408 g/mol. The molecule has 0 aliphatic carbocycles. The van der Waals surface area contributed by atoms with Gasteiger partial charge in [-0.15, -0.1) is 11.3 Å². The minimum Gasteiger partial charge on any atom is -0.469 e. The minimum atomic E-state index is 0.210. The molecule has 0 aliphatic rings. The molecule has 0 aliphatic heterocycles. The van der Waals surface area contributed by atoms with Crippen LogP contribution in [0.3, 0.4) is 0 Å². The predicted octanol–water partition coefficient (Wildman–Crippen LogP) is 4.31. The molecule has 0 bridgehead atoms. The van der Waals surface area contributed by atoms with Crippen LogP contribution >= 0.6 is 43.2 Å². The molecule has 2 N–H and O–H groups in total. The molecular formula is C13H16Br2N2OS. The Kier molecular flexibility index (Phi) is 5.25. The van der Waals surface area contributed by atoms with Crippen molar-refractivity contribution in [3.8, 4) is 0 Å². The number of nitrogens with two attached hydrogens (primary N) is 1. The SMILES string of the molecule is Cc1occc1CN(C)C(CN)c1cc(Br)c(Br)s1. The van der Waals surface area contributed by atoms with Gasteiger partial charge in [0.05, 0.1) is 16.1 Å². The van der Waals surface area contributed by atoms with Crippen molar-refractivity contribution in [1.29, 1.82) is 0 Å². The highest BCUT2D eigenvalue weighted by Crippen LogP contribution is 2.37. The molecule has 2 aromatic rings. The molecule has 0 amide bonds. The fraction of sp³-hybridized carbons (Fsp3) is 0.385. The van der Waals surface area contributed by atoms with E-state index in [0.717, 1.165) is 20.6 Å². The van der Waals surface area contributed by atoms with Crippen molar-refractivity contribution in [3.05, 3.63) is 42.9 Å². The molecule has 19 heavy (non-hydrogen) atoms. The Bertz CT molecular complexity index is 533. The van der Waals surface area contributed by atoms with Crippen LogP contribution in [0.15, 0.2) is 31.1 Å². The van der Waals surface area contributed by atoms with E-state index in [0.29, 0.717) is 6.54 Å². The first-order valence-electron chi connectivity index (χ1n) is 5.91. The van der Waals surface area contributed by atoms with Crippen molar-refractivity contribution >= 4 is 43.2 Å². The number of nitrogens with zero attached hydrogens (tertiary/aromatic N) is 1. The van der Waals surface area contributed by atoms with Crippen LogP contribution in [0.5, 0.6) is 0 Å². The summed E-state index contributed by atoms with van der Waals surface area (Å²) in [7, 11) is 2.09. The van der Waals surface area contributed by atoms with Gasteiger partial charge in [0.15, 0.2) is 0 Å². The van der Waals surface area contributed by atoms with Gasteiger partial charge in [-0.25, -0.2) is 0 Å². The van der Waals surface area contributed by atoms with Gasteiger partial charge in [0.1, 0.15) is 5.76 Å². The van der Waals surface area contributed by atoms with E-state index in [2.05, 4.69) is 49.9 Å². The minimum absolute atomic E-state index is 0.210. The topological polar surface area (TPSA) is 42.4 Å². The third-order valence-corrected chi connectivity index (χ3v) is 6.49. The molecule has 104 valence electrons. The summed E-state index contributed by atoms with van der Waals surface area (Å²) >= 11 is 8.77. The normalized spacial score (nSPS) is 13.2. The number of halogens is 2. The number of thiophene rings is 1. The standard InChI is InChI=1S/C13H16Br2N2OS/c1-8-9(3-4-18-8)7-17(2)11(6-16)12-5-10(14)13(15)19-12/h3-5,11H,6-7,16H2,1-2H3. The second kappa shape index (κ2) is 6.54. The molecule has 2 heterocycles. The predicted molar refractivity (Wildman–Crippen MR) is 86.4 cm³/mol. The van der Waals surface area contributed by atoms with Gasteiger partial charge in [-0.2, -0.15) is 0 Å². The van der Waals surface area contributed by atoms with E-state index in [1.165, 1.54) is 10.4 Å². The summed E-state index contributed by atoms with van der Waals surface area (Å²) in [6.07, 6.45) is 1.73. The number of likely N-dealkylation sites (N-methyl/N-ethyl adjacent to an activating group) is 1. The zero-order chi connectivity index (χ0) is 14.0. The lowest BCUT2D eigenvalue weighted by Crippen LogP contribution is -2.29. The van der Waals surface area contributed by atoms with Crippen molar-refractivity contribution in [3.63, 3.8) is 0 Å². The van der Waals surface area contributed by atoms with Crippen molar-refractivity contribution in [1.82, 2.24) is 4.90 Å². The highest BCUT2D eigenvalue weighted by molar-refractivity contribution is 9.13. The Morgan fingerprint density at radius 1 is 1.47 bits per heavy atom. The summed E-state index contributed by atoms with van der Waals surface area (Å²) in [5, 5.41) is 0. The molecule has 0 saturated carbocycles. The van der Waals surface area contributed by atoms with Gasteiger partial charge in [0, 0.05) is 28.0 Å². The molecule has 2 rings (SSSR count). The lowest BCUT2D eigenvalue weighted by atomic mass is 10.2. The second-order valence-corrected chi connectivity index (χ2v) is 7.70. The molecule has 1 atom stereocenters. The fourth-order valence-electron chi connectivity index (χ4n) is 2.00. The summed E-state index contributed by atoms with van der Waals surface area (Å²) in [6, 6.07) is 4.35. The zero-order valence-corrected chi connectivity index (χ0v) is 14.8. The maximum Gasteiger partial charge on any atom is 0.105 e. The van der Waals surface area contributed by atoms with Crippen LogP contribution in [0, 0.1) is 6.92 Å². The van der Waals surface area contributed by atoms with E-state index < -0.39 is 0 Å². The van der Waals surface area contributed by atoms with Crippen LogP contribution in [0.25, 0.3) is 0 Å². The van der Waals surface area contributed by atoms with Gasteiger partial charge in [-0.3, -0.25) is 4.90 Å². The molecular weight excluding hydrogens is 392 g/mol. The molecule has 0 saturated heterocycles. The molecule has 0 radical (unpaired) electrons. The van der Waals surface area contributed by atoms with Crippen molar-refractivity contribution in [2.24, 2.45) is 5.73 Å². The lowest BCUT2D eigenvalue weighted by Gasteiger charge is -2.25. The molecule has 0 fully saturated rings. The third kappa shape index (κ3) is 3.49. The third-order valence-electron chi connectivity index (χ3n) is 3.13. The second-order valence-electron chi connectivity index (χ2n) is 4.44. The van der Waals surface area contributed by atoms with Gasteiger partial charge in [-0.05, 0) is 58.0 Å². The van der Waals surface area contributed by atoms with Gasteiger partial charge in [0.2, 0.25) is 0 Å². The van der Waals surface area contributed by atoms with Gasteiger partial charge >= 0.3 is 0 Å². The monoisotopic (exact) mass is 406 g/mol. The number of rotatable bonds is 5. The fourth-order valence-corrected chi connectivity index (χ4v) is 4.26. The van der Waals surface area contributed by atoms with E-state index in [-0.39, 0.29) is 6.04 Å². The average Bonchev–Trinajstić information content (AvgIpc) is 2.89. The van der Waals surface area contributed by atoms with E-state index in [9.17, 15) is 0 Å². The Morgan fingerprint density at radius 2 is 2.21 bits per heavy atom. The van der Waals surface area contributed by atoms with Crippen LogP contribution in [0.2, 0.25) is 0 Å². The summed E-state index contributed by atoms with van der Waals surface area (Å²) in [5.41, 5.74) is 7.15. The van der Waals surface area contributed by atoms with Crippen LogP contribution in [-0.2, 0) is 6.54 Å². The number of hydrogen-bond donors (Lipinski definition) is 1. The van der Waals surface area contributed by atoms with Crippen molar-refractivity contribution in [2.45, 2.75) is 19.5 Å². The molecule has 2 aromatic heterocycles. The molecule has 0 aromatic carbocycles. The highest BCUT2D eigenvalue weighted by Gasteiger charge is 2.20. The number of hydrogen-bond acceptors (Lipinski definition) is 4. The maximum absolute atomic E-state index is 5.94. The lowest BCUT2D eigenvalue weighted by molar-refractivity contribution is 0.243. The van der Waals surface area contributed by atoms with E-state index in [4.69, 9.17) is 10.2 Å². The first-order chi connectivity index (χ1) is 9.02. The van der Waals surface area contributed by atoms with Gasteiger partial charge in [0.25, 0.3) is 0 Å². The Labute approximate surface area is 134 Å². The quantitative estimate of drug-likeness (QED) is 0.802. The number of furan rings is 1. The van der Waals surface area contributed by atoms with E-state index in [1.807, 2.05) is 13.0 Å². The number of aryl methyl sites for hydroxylation is 1. The zero-order valence-electron chi connectivity index (χ0n) is 10.8. The smallest absolute Gasteiger partial charge is 0.105 e. The van der Waals surface area contributed by atoms with Gasteiger partial charge in [-0.1, -0.05) is 0 Å². The van der Waals surface area contributed by atoms with E-state index in [1.54, 1.807) is 17.6 Å². The highest BCUT2D eigenvalue weighted by atomic mass is 79.9. The summed E-state index contributed by atoms with van der Waals surface area (Å²) < 4.78 is 7.53. The van der Waals surface area contributed by atoms with E-state index >= 15 is 0 Å². The van der Waals surface area contributed by atoms with Gasteiger partial charge < -0.3 is 10.2 Å². The maximum atomic E-state index is 5.94. The largest absolute Gasteiger partial charge is 0.469 e. The Hall–Kier alpha value is -0.140. The summed E-state index contributed by atoms with van der Waals surface area (Å²) in [4.78, 5) is 3.51. The van der Waals surface area contributed by atoms with Crippen molar-refractivity contribution in [2.75, 3.05) is 13.6 Å². The summed E-state index contributed by atoms with van der Waals surface area (Å²) in [6.45, 7) is 3.41. The van der Waals surface area contributed by atoms with Crippen LogP contribution in [0.4, 0.5) is 0 Å². The summed E-state index contributed by atoms with van der Waals surface area (Å²) in [5.74, 6) is 0.969. The molecule has 3 nitrogen and oxygen atoms in total. The Morgan fingerprint density at radius 3 is 2.68 bits per heavy atom.